The molecule has 0 bridgehead atoms. The minimum Gasteiger partial charge on any atom is -0.482 e. The number of hydrogen-bond acceptors (Lipinski definition) is 5. The molecule has 2 rings (SSSR count). The lowest BCUT2D eigenvalue weighted by atomic mass is 10.2. The van der Waals surface area contributed by atoms with Gasteiger partial charge in [0.2, 0.25) is 0 Å². The summed E-state index contributed by atoms with van der Waals surface area (Å²) in [5.74, 6) is -0.795. The molecule has 2 aromatic rings. The molecule has 0 aliphatic carbocycles. The molecule has 0 aliphatic heterocycles. The summed E-state index contributed by atoms with van der Waals surface area (Å²) in [7, 11) is 1.58. The highest BCUT2D eigenvalue weighted by molar-refractivity contribution is 7.12. The number of hydrogen-bond donors (Lipinski definition) is 2. The van der Waals surface area contributed by atoms with Crippen LogP contribution in [-0.2, 0) is 16.1 Å². The number of rotatable bonds is 7. The fraction of sp³-hybridized carbons (Fsp3) is 0.250. The molecule has 0 aliphatic rings. The topological polar surface area (TPSA) is 84.9 Å². The number of aliphatic carboxylic acids is 1. The van der Waals surface area contributed by atoms with E-state index in [1.165, 1.54) is 11.3 Å². The van der Waals surface area contributed by atoms with E-state index in [2.05, 4.69) is 5.32 Å². The molecule has 0 saturated carbocycles. The third-order valence-corrected chi connectivity index (χ3v) is 4.02. The molecular formula is C16H17NO5S. The van der Waals surface area contributed by atoms with Gasteiger partial charge in [-0.1, -0.05) is 0 Å². The van der Waals surface area contributed by atoms with Crippen molar-refractivity contribution >= 4 is 28.9 Å². The van der Waals surface area contributed by atoms with Gasteiger partial charge in [0.05, 0.1) is 11.5 Å². The Kier molecular flexibility index (Phi) is 5.72. The number of carboxylic acids is 1. The van der Waals surface area contributed by atoms with Crippen LogP contribution in [0.4, 0.5) is 5.69 Å². The van der Waals surface area contributed by atoms with Crippen molar-refractivity contribution in [3.8, 4) is 5.75 Å². The summed E-state index contributed by atoms with van der Waals surface area (Å²) in [6, 6.07) is 6.85. The molecule has 0 fully saturated rings. The van der Waals surface area contributed by atoms with E-state index in [0.717, 1.165) is 11.1 Å². The van der Waals surface area contributed by atoms with E-state index in [9.17, 15) is 9.59 Å². The maximum atomic E-state index is 12.4. The summed E-state index contributed by atoms with van der Waals surface area (Å²) in [4.78, 5) is 23.5. The Morgan fingerprint density at radius 2 is 2.09 bits per heavy atom. The van der Waals surface area contributed by atoms with E-state index in [4.69, 9.17) is 14.6 Å². The van der Waals surface area contributed by atoms with Gasteiger partial charge in [0, 0.05) is 18.4 Å². The van der Waals surface area contributed by atoms with Crippen LogP contribution in [0.5, 0.6) is 5.75 Å². The second kappa shape index (κ2) is 7.75. The first-order chi connectivity index (χ1) is 11.0. The van der Waals surface area contributed by atoms with E-state index in [1.807, 2.05) is 18.4 Å². The van der Waals surface area contributed by atoms with Gasteiger partial charge in [-0.15, -0.1) is 11.3 Å². The predicted octanol–water partition coefficient (Wildman–Crippen LogP) is 2.92. The minimum absolute atomic E-state index is 0.200. The first-order valence-corrected chi connectivity index (χ1v) is 7.71. The summed E-state index contributed by atoms with van der Waals surface area (Å²) in [5.41, 5.74) is 2.27. The largest absolute Gasteiger partial charge is 0.482 e. The van der Waals surface area contributed by atoms with Gasteiger partial charge in [0.1, 0.15) is 5.75 Å². The fourth-order valence-electron chi connectivity index (χ4n) is 1.99. The molecule has 0 spiro atoms. The lowest BCUT2D eigenvalue weighted by Gasteiger charge is -2.11. The average Bonchev–Trinajstić information content (AvgIpc) is 2.96. The Morgan fingerprint density at radius 1 is 1.30 bits per heavy atom. The van der Waals surface area contributed by atoms with Crippen molar-refractivity contribution in [2.45, 2.75) is 13.5 Å². The molecule has 1 heterocycles. The Bertz CT molecular complexity index is 710. The molecule has 1 amide bonds. The summed E-state index contributed by atoms with van der Waals surface area (Å²) in [6.45, 7) is 1.79. The van der Waals surface area contributed by atoms with Gasteiger partial charge in [0.15, 0.2) is 6.61 Å². The van der Waals surface area contributed by atoms with E-state index < -0.39 is 12.6 Å². The molecule has 6 nitrogen and oxygen atoms in total. The number of ether oxygens (including phenoxy) is 2. The SMILES string of the molecule is COCc1ccsc1C(=O)Nc1ccc(OCC(=O)O)cc1C. The van der Waals surface area contributed by atoms with Crippen LogP contribution in [0.3, 0.4) is 0 Å². The van der Waals surface area contributed by atoms with Crippen LogP contribution in [0.15, 0.2) is 29.6 Å². The second-order valence-corrected chi connectivity index (χ2v) is 5.74. The first kappa shape index (κ1) is 17.0. The van der Waals surface area contributed by atoms with Crippen LogP contribution in [0.2, 0.25) is 0 Å². The number of methoxy groups -OCH3 is 1. The number of carbonyl (C=O) groups excluding carboxylic acids is 1. The number of aryl methyl sites for hydroxylation is 1. The molecule has 122 valence electrons. The first-order valence-electron chi connectivity index (χ1n) is 6.83. The summed E-state index contributed by atoms with van der Waals surface area (Å²) in [5, 5.41) is 13.3. The van der Waals surface area contributed by atoms with Gasteiger partial charge in [-0.25, -0.2) is 4.79 Å². The number of carboxylic acid groups (broad SMARTS) is 1. The molecule has 7 heteroatoms. The zero-order valence-corrected chi connectivity index (χ0v) is 13.6. The predicted molar refractivity (Wildman–Crippen MR) is 87.3 cm³/mol. The van der Waals surface area contributed by atoms with Crippen molar-refractivity contribution in [3.63, 3.8) is 0 Å². The number of amides is 1. The Hall–Kier alpha value is -2.38. The van der Waals surface area contributed by atoms with Crippen LogP contribution < -0.4 is 10.1 Å². The van der Waals surface area contributed by atoms with Gasteiger partial charge < -0.3 is 19.9 Å². The number of benzene rings is 1. The van der Waals surface area contributed by atoms with Gasteiger partial charge in [-0.05, 0) is 42.1 Å². The number of thiophene rings is 1. The van der Waals surface area contributed by atoms with Crippen molar-refractivity contribution in [1.82, 2.24) is 0 Å². The molecule has 23 heavy (non-hydrogen) atoms. The third-order valence-electron chi connectivity index (χ3n) is 3.06. The average molecular weight is 335 g/mol. The quantitative estimate of drug-likeness (QED) is 0.813. The van der Waals surface area contributed by atoms with Gasteiger partial charge >= 0.3 is 5.97 Å². The van der Waals surface area contributed by atoms with Crippen molar-refractivity contribution < 1.29 is 24.2 Å². The van der Waals surface area contributed by atoms with Gasteiger partial charge in [0.25, 0.3) is 5.91 Å². The normalized spacial score (nSPS) is 10.3. The van der Waals surface area contributed by atoms with Crippen LogP contribution in [0, 0.1) is 6.92 Å². The second-order valence-electron chi connectivity index (χ2n) is 4.82. The zero-order chi connectivity index (χ0) is 16.8. The van der Waals surface area contributed by atoms with Crippen molar-refractivity contribution in [2.24, 2.45) is 0 Å². The highest BCUT2D eigenvalue weighted by atomic mass is 32.1. The van der Waals surface area contributed by atoms with Crippen LogP contribution in [-0.4, -0.2) is 30.7 Å². The van der Waals surface area contributed by atoms with Crippen molar-refractivity contribution in [3.05, 3.63) is 45.6 Å². The lowest BCUT2D eigenvalue weighted by Crippen LogP contribution is -2.13. The van der Waals surface area contributed by atoms with Gasteiger partial charge in [-0.2, -0.15) is 0 Å². The Morgan fingerprint density at radius 3 is 2.74 bits per heavy atom. The smallest absolute Gasteiger partial charge is 0.341 e. The number of nitrogens with one attached hydrogen (secondary N) is 1. The Labute approximate surface area is 137 Å². The van der Waals surface area contributed by atoms with Crippen molar-refractivity contribution in [1.29, 1.82) is 0 Å². The monoisotopic (exact) mass is 335 g/mol. The van der Waals surface area contributed by atoms with E-state index in [1.54, 1.807) is 25.3 Å². The molecule has 1 aromatic heterocycles. The number of carbonyl (C=O) groups is 2. The minimum atomic E-state index is -1.04. The molecule has 0 saturated heterocycles. The molecular weight excluding hydrogens is 318 g/mol. The standard InChI is InChI=1S/C16H17NO5S/c1-10-7-12(22-9-14(18)19)3-4-13(10)17-16(20)15-11(8-21-2)5-6-23-15/h3-7H,8-9H2,1-2H3,(H,17,20)(H,18,19). The fourth-order valence-corrected chi connectivity index (χ4v) is 2.80. The van der Waals surface area contributed by atoms with E-state index in [-0.39, 0.29) is 5.91 Å². The summed E-state index contributed by atoms with van der Waals surface area (Å²) < 4.78 is 10.2. The number of anilines is 1. The van der Waals surface area contributed by atoms with E-state index >= 15 is 0 Å². The van der Waals surface area contributed by atoms with Crippen LogP contribution >= 0.6 is 11.3 Å². The molecule has 0 atom stereocenters. The maximum Gasteiger partial charge on any atom is 0.341 e. The van der Waals surface area contributed by atoms with Crippen LogP contribution in [0.1, 0.15) is 20.8 Å². The van der Waals surface area contributed by atoms with E-state index in [0.29, 0.717) is 22.9 Å². The molecule has 1 aromatic carbocycles. The lowest BCUT2D eigenvalue weighted by molar-refractivity contribution is -0.139. The molecule has 2 N–H and O–H groups in total. The highest BCUT2D eigenvalue weighted by Crippen LogP contribution is 2.24. The summed E-state index contributed by atoms with van der Waals surface area (Å²) >= 11 is 1.36. The van der Waals surface area contributed by atoms with Crippen LogP contribution in [0.25, 0.3) is 0 Å². The van der Waals surface area contributed by atoms with Gasteiger partial charge in [-0.3, -0.25) is 4.79 Å². The molecule has 0 unspecified atom stereocenters. The Balaban J connectivity index is 2.09. The maximum absolute atomic E-state index is 12.4. The molecule has 0 radical (unpaired) electrons. The van der Waals surface area contributed by atoms with Crippen molar-refractivity contribution in [2.75, 3.05) is 19.0 Å². The summed E-state index contributed by atoms with van der Waals surface area (Å²) in [6.07, 6.45) is 0. The third kappa shape index (κ3) is 4.54. The zero-order valence-electron chi connectivity index (χ0n) is 12.8. The highest BCUT2D eigenvalue weighted by Gasteiger charge is 2.14.